The first-order valence-electron chi connectivity index (χ1n) is 8.59. The van der Waals surface area contributed by atoms with Crippen LogP contribution in [-0.4, -0.2) is 20.5 Å². The molecule has 0 unspecified atom stereocenters. The molecule has 0 saturated heterocycles. The highest BCUT2D eigenvalue weighted by atomic mass is 16.1. The van der Waals surface area contributed by atoms with Crippen LogP contribution in [0.25, 0.3) is 33.4 Å². The molecule has 4 heteroatoms. The summed E-state index contributed by atoms with van der Waals surface area (Å²) in [5.41, 5.74) is 5.96. The summed E-state index contributed by atoms with van der Waals surface area (Å²) in [6.07, 6.45) is 2.15. The molecule has 0 bridgehead atoms. The Morgan fingerprint density at radius 3 is 2.42 bits per heavy atom. The predicted molar refractivity (Wildman–Crippen MR) is 104 cm³/mol. The van der Waals surface area contributed by atoms with Gasteiger partial charge in [0.2, 0.25) is 0 Å². The van der Waals surface area contributed by atoms with Gasteiger partial charge in [0.25, 0.3) is 0 Å². The molecule has 4 rings (SSSR count). The van der Waals surface area contributed by atoms with Gasteiger partial charge in [-0.3, -0.25) is 4.79 Å². The Balaban J connectivity index is 1.94. The van der Waals surface area contributed by atoms with E-state index in [0.29, 0.717) is 6.42 Å². The fourth-order valence-corrected chi connectivity index (χ4v) is 3.33. The molecule has 128 valence electrons. The number of aromatic nitrogens is 3. The molecule has 2 heterocycles. The van der Waals surface area contributed by atoms with Gasteiger partial charge in [0.05, 0.1) is 0 Å². The molecule has 4 aromatic rings. The Labute approximate surface area is 152 Å². The second-order valence-corrected chi connectivity index (χ2v) is 6.48. The van der Waals surface area contributed by atoms with Crippen LogP contribution in [0.2, 0.25) is 0 Å². The topological polar surface area (TPSA) is 47.8 Å². The Morgan fingerprint density at radius 1 is 1.00 bits per heavy atom. The third kappa shape index (κ3) is 2.90. The van der Waals surface area contributed by atoms with Gasteiger partial charge in [0.1, 0.15) is 11.5 Å². The van der Waals surface area contributed by atoms with Crippen LogP contribution in [0, 0.1) is 0 Å². The molecule has 0 fully saturated rings. The fraction of sp³-hybridized carbons (Fsp3) is 0.136. The van der Waals surface area contributed by atoms with E-state index in [-0.39, 0.29) is 5.78 Å². The van der Waals surface area contributed by atoms with Gasteiger partial charge in [-0.1, -0.05) is 54.6 Å². The second-order valence-electron chi connectivity index (χ2n) is 6.48. The third-order valence-electron chi connectivity index (χ3n) is 4.45. The summed E-state index contributed by atoms with van der Waals surface area (Å²) in [7, 11) is 1.90. The van der Waals surface area contributed by atoms with Crippen LogP contribution in [-0.2, 0) is 18.3 Å². The van der Waals surface area contributed by atoms with Gasteiger partial charge < -0.3 is 0 Å². The fourth-order valence-electron chi connectivity index (χ4n) is 3.33. The van der Waals surface area contributed by atoms with E-state index in [1.807, 2.05) is 43.4 Å². The number of aryl methyl sites for hydroxylation is 1. The molecule has 0 aliphatic rings. The summed E-state index contributed by atoms with van der Waals surface area (Å²) >= 11 is 0. The van der Waals surface area contributed by atoms with Crippen molar-refractivity contribution in [2.45, 2.75) is 13.3 Å². The van der Waals surface area contributed by atoms with Crippen LogP contribution >= 0.6 is 0 Å². The third-order valence-corrected chi connectivity index (χ3v) is 4.45. The number of Topliss-reactive ketones (excluding diaryl/α,β-unsaturated/α-hetero) is 1. The van der Waals surface area contributed by atoms with Gasteiger partial charge in [0, 0.05) is 30.6 Å². The predicted octanol–water partition coefficient (Wildman–Crippen LogP) is 4.43. The number of ketones is 1. The molecule has 0 radical (unpaired) electrons. The van der Waals surface area contributed by atoms with E-state index in [0.717, 1.165) is 39.0 Å². The van der Waals surface area contributed by atoms with Crippen molar-refractivity contribution >= 4 is 16.8 Å². The maximum Gasteiger partial charge on any atom is 0.158 e. The first-order valence-corrected chi connectivity index (χ1v) is 8.59. The van der Waals surface area contributed by atoms with Crippen LogP contribution < -0.4 is 0 Å². The lowest BCUT2D eigenvalue weighted by Crippen LogP contribution is -1.97. The van der Waals surface area contributed by atoms with E-state index in [4.69, 9.17) is 5.10 Å². The second kappa shape index (κ2) is 6.56. The van der Waals surface area contributed by atoms with Gasteiger partial charge in [-0.25, -0.2) is 9.67 Å². The number of hydrogen-bond donors (Lipinski definition) is 0. The minimum atomic E-state index is 0.126. The first kappa shape index (κ1) is 16.2. The number of pyridine rings is 1. The maximum absolute atomic E-state index is 11.5. The van der Waals surface area contributed by atoms with Gasteiger partial charge in [-0.2, -0.15) is 5.10 Å². The zero-order chi connectivity index (χ0) is 18.1. The summed E-state index contributed by atoms with van der Waals surface area (Å²) in [5, 5.41) is 5.70. The quantitative estimate of drug-likeness (QED) is 0.551. The van der Waals surface area contributed by atoms with E-state index < -0.39 is 0 Å². The van der Waals surface area contributed by atoms with Crippen LogP contribution in [0.4, 0.5) is 0 Å². The van der Waals surface area contributed by atoms with Crippen LogP contribution in [0.5, 0.6) is 0 Å². The Kier molecular flexibility index (Phi) is 4.09. The molecule has 0 aliphatic carbocycles. The highest BCUT2D eigenvalue weighted by Gasteiger charge is 2.16. The van der Waals surface area contributed by atoms with E-state index >= 15 is 0 Å². The summed E-state index contributed by atoms with van der Waals surface area (Å²) in [6.45, 7) is 1.60. The van der Waals surface area contributed by atoms with Gasteiger partial charge in [-0.15, -0.1) is 0 Å². The summed E-state index contributed by atoms with van der Waals surface area (Å²) in [6, 6.07) is 20.6. The lowest BCUT2D eigenvalue weighted by atomic mass is 9.96. The number of carbonyl (C=O) groups excluding carboxylic acids is 1. The molecule has 0 amide bonds. The highest BCUT2D eigenvalue weighted by molar-refractivity contribution is 5.96. The largest absolute Gasteiger partial charge is 0.300 e. The highest BCUT2D eigenvalue weighted by Crippen LogP contribution is 2.35. The molecule has 26 heavy (non-hydrogen) atoms. The van der Waals surface area contributed by atoms with Gasteiger partial charge in [0.15, 0.2) is 5.65 Å². The standard InChI is InChI=1S/C22H19N3O/c1-15(26)12-16-13-20-21(24-25(2)22(20)23-14-16)19-11-7-6-10-18(19)17-8-4-3-5-9-17/h3-11,13-14H,12H2,1-2H3. The summed E-state index contributed by atoms with van der Waals surface area (Å²) < 4.78 is 1.80. The molecule has 0 atom stereocenters. The van der Waals surface area contributed by atoms with Gasteiger partial charge in [-0.05, 0) is 29.7 Å². The normalized spacial score (nSPS) is 11.0. The molecule has 0 saturated carbocycles. The molecule has 0 aliphatic heterocycles. The minimum Gasteiger partial charge on any atom is -0.300 e. The summed E-state index contributed by atoms with van der Waals surface area (Å²) in [4.78, 5) is 16.0. The van der Waals surface area contributed by atoms with Crippen LogP contribution in [0.3, 0.4) is 0 Å². The molecule has 2 aromatic heterocycles. The van der Waals surface area contributed by atoms with Crippen molar-refractivity contribution in [2.24, 2.45) is 7.05 Å². The van der Waals surface area contributed by atoms with Crippen molar-refractivity contribution in [2.75, 3.05) is 0 Å². The molecule has 0 N–H and O–H groups in total. The Morgan fingerprint density at radius 2 is 1.69 bits per heavy atom. The number of carbonyl (C=O) groups is 1. The van der Waals surface area contributed by atoms with Crippen molar-refractivity contribution in [3.8, 4) is 22.4 Å². The van der Waals surface area contributed by atoms with E-state index in [9.17, 15) is 4.79 Å². The van der Waals surface area contributed by atoms with Crippen LogP contribution in [0.1, 0.15) is 12.5 Å². The molecular formula is C22H19N3O. The Bertz CT molecular complexity index is 1100. The van der Waals surface area contributed by atoms with E-state index in [2.05, 4.69) is 29.2 Å². The number of rotatable bonds is 4. The summed E-state index contributed by atoms with van der Waals surface area (Å²) in [5.74, 6) is 0.126. The van der Waals surface area contributed by atoms with Gasteiger partial charge >= 0.3 is 0 Å². The minimum absolute atomic E-state index is 0.126. The SMILES string of the molecule is CC(=O)Cc1cnc2c(c1)c(-c1ccccc1-c1ccccc1)nn2C. The zero-order valence-corrected chi connectivity index (χ0v) is 14.8. The average molecular weight is 341 g/mol. The van der Waals surface area contributed by atoms with E-state index in [1.54, 1.807) is 17.8 Å². The number of hydrogen-bond acceptors (Lipinski definition) is 3. The maximum atomic E-state index is 11.5. The molecule has 4 nitrogen and oxygen atoms in total. The van der Waals surface area contributed by atoms with Crippen molar-refractivity contribution in [3.63, 3.8) is 0 Å². The van der Waals surface area contributed by atoms with Crippen molar-refractivity contribution in [3.05, 3.63) is 72.4 Å². The monoisotopic (exact) mass is 341 g/mol. The van der Waals surface area contributed by atoms with E-state index in [1.165, 1.54) is 0 Å². The molecule has 2 aromatic carbocycles. The lowest BCUT2D eigenvalue weighted by molar-refractivity contribution is -0.116. The first-order chi connectivity index (χ1) is 12.6. The van der Waals surface area contributed by atoms with Crippen molar-refractivity contribution < 1.29 is 4.79 Å². The smallest absolute Gasteiger partial charge is 0.158 e. The number of benzene rings is 2. The lowest BCUT2D eigenvalue weighted by Gasteiger charge is -2.08. The average Bonchev–Trinajstić information content (AvgIpc) is 2.98. The zero-order valence-electron chi connectivity index (χ0n) is 14.8. The van der Waals surface area contributed by atoms with Crippen molar-refractivity contribution in [1.82, 2.24) is 14.8 Å². The molecule has 0 spiro atoms. The number of nitrogens with zero attached hydrogens (tertiary/aromatic N) is 3. The Hall–Kier alpha value is -3.27. The molecular weight excluding hydrogens is 322 g/mol. The van der Waals surface area contributed by atoms with Crippen LogP contribution in [0.15, 0.2) is 66.9 Å². The van der Waals surface area contributed by atoms with Crippen molar-refractivity contribution in [1.29, 1.82) is 0 Å². The number of fused-ring (bicyclic) bond motifs is 1.